The van der Waals surface area contributed by atoms with Gasteiger partial charge in [0.15, 0.2) is 0 Å². The number of rotatable bonds is 13. The van der Waals surface area contributed by atoms with Crippen LogP contribution in [-0.4, -0.2) is 57.1 Å². The Morgan fingerprint density at radius 2 is 1.95 bits per heavy atom. The van der Waals surface area contributed by atoms with Crippen LogP contribution in [0.1, 0.15) is 75.5 Å². The van der Waals surface area contributed by atoms with E-state index in [1.165, 1.54) is 16.0 Å². The van der Waals surface area contributed by atoms with Gasteiger partial charge in [-0.3, -0.25) is 24.3 Å². The molecule has 9 heteroatoms. The molecule has 2 fully saturated rings. The Hall–Kier alpha value is -3.56. The standard InChI is InChI=1S/C32H38N2O7/c1-2-20-17-24-30(32(39)34(31(24)38)15-7-3-4-9-28(36)37)25-19-40-27(29(20)25)13-10-21(26-8-5-6-14-33-26)16-22-11-12-23(18-35)41-22/h5-6,8,11-12,14,16,24-25,27,30,35H,2-4,7,9-10,13,15,17-19H2,1H3,(H,36,37)/b21-16-/t24-,25+,27-,30-/m1/s1. The molecule has 3 aliphatic rings. The lowest BCUT2D eigenvalue weighted by Gasteiger charge is -2.31. The number of aliphatic carboxylic acids is 1. The Morgan fingerprint density at radius 1 is 1.10 bits per heavy atom. The molecule has 2 aliphatic heterocycles. The fraction of sp³-hybridized carbons (Fsp3) is 0.500. The normalized spacial score (nSPS) is 24.2. The van der Waals surface area contributed by atoms with E-state index in [-0.39, 0.29) is 48.7 Å². The zero-order chi connectivity index (χ0) is 28.9. The summed E-state index contributed by atoms with van der Waals surface area (Å²) in [7, 11) is 0. The smallest absolute Gasteiger partial charge is 0.303 e. The highest BCUT2D eigenvalue weighted by molar-refractivity contribution is 6.06. The van der Waals surface area contributed by atoms with Crippen LogP contribution in [-0.2, 0) is 25.7 Å². The second-order valence-corrected chi connectivity index (χ2v) is 11.1. The van der Waals surface area contributed by atoms with E-state index in [9.17, 15) is 19.5 Å². The summed E-state index contributed by atoms with van der Waals surface area (Å²) in [5.74, 6) is -0.699. The minimum atomic E-state index is -0.828. The molecule has 1 aliphatic carbocycles. The molecule has 0 spiro atoms. The molecule has 2 aromatic heterocycles. The lowest BCUT2D eigenvalue weighted by molar-refractivity contribution is -0.141. The van der Waals surface area contributed by atoms with Crippen LogP contribution in [0.4, 0.5) is 0 Å². The van der Waals surface area contributed by atoms with Gasteiger partial charge in [0.1, 0.15) is 18.1 Å². The van der Waals surface area contributed by atoms with Crippen LogP contribution in [0.2, 0.25) is 0 Å². The average Bonchev–Trinajstić information content (AvgIpc) is 3.68. The topological polar surface area (TPSA) is 130 Å². The van der Waals surface area contributed by atoms with Gasteiger partial charge in [0, 0.05) is 25.1 Å². The molecular formula is C32H38N2O7. The van der Waals surface area contributed by atoms with Gasteiger partial charge in [-0.1, -0.05) is 25.0 Å². The number of allylic oxidation sites excluding steroid dienone is 2. The molecule has 5 rings (SSSR count). The number of aliphatic hydroxyl groups is 1. The van der Waals surface area contributed by atoms with Gasteiger partial charge in [0.05, 0.1) is 30.2 Å². The number of imide groups is 1. The third kappa shape index (κ3) is 6.21. The second kappa shape index (κ2) is 13.0. The first-order valence-corrected chi connectivity index (χ1v) is 14.6. The lowest BCUT2D eigenvalue weighted by Crippen LogP contribution is -2.34. The summed E-state index contributed by atoms with van der Waals surface area (Å²) in [5.41, 5.74) is 4.25. The van der Waals surface area contributed by atoms with Crippen molar-refractivity contribution in [1.29, 1.82) is 0 Å². The van der Waals surface area contributed by atoms with E-state index in [1.54, 1.807) is 12.3 Å². The van der Waals surface area contributed by atoms with E-state index >= 15 is 0 Å². The highest BCUT2D eigenvalue weighted by Crippen LogP contribution is 2.50. The number of aliphatic hydroxyl groups excluding tert-OH is 1. The van der Waals surface area contributed by atoms with Crippen LogP contribution < -0.4 is 0 Å². The van der Waals surface area contributed by atoms with Crippen molar-refractivity contribution >= 4 is 29.4 Å². The van der Waals surface area contributed by atoms with Crippen molar-refractivity contribution in [2.24, 2.45) is 17.8 Å². The Bertz CT molecular complexity index is 1330. The first-order valence-electron chi connectivity index (χ1n) is 14.6. The maximum Gasteiger partial charge on any atom is 0.303 e. The first-order chi connectivity index (χ1) is 19.9. The number of ether oxygens (including phenoxy) is 1. The summed E-state index contributed by atoms with van der Waals surface area (Å²) < 4.78 is 12.1. The van der Waals surface area contributed by atoms with Gasteiger partial charge >= 0.3 is 5.97 Å². The molecule has 41 heavy (non-hydrogen) atoms. The highest BCUT2D eigenvalue weighted by atomic mass is 16.5. The zero-order valence-electron chi connectivity index (χ0n) is 23.5. The first kappa shape index (κ1) is 29.0. The average molecular weight is 563 g/mol. The molecule has 2 amide bonds. The predicted molar refractivity (Wildman–Crippen MR) is 151 cm³/mol. The van der Waals surface area contributed by atoms with Crippen molar-refractivity contribution in [3.05, 3.63) is 64.9 Å². The maximum absolute atomic E-state index is 13.5. The minimum Gasteiger partial charge on any atom is -0.481 e. The molecule has 2 aromatic rings. The van der Waals surface area contributed by atoms with Gasteiger partial charge in [0.2, 0.25) is 11.8 Å². The van der Waals surface area contributed by atoms with Gasteiger partial charge in [-0.25, -0.2) is 0 Å². The number of nitrogens with zero attached hydrogens (tertiary/aromatic N) is 2. The van der Waals surface area contributed by atoms with E-state index < -0.39 is 5.97 Å². The third-order valence-electron chi connectivity index (χ3n) is 8.62. The molecule has 9 nitrogen and oxygen atoms in total. The number of carboxylic acids is 1. The summed E-state index contributed by atoms with van der Waals surface area (Å²) in [6, 6.07) is 9.36. The number of fused-ring (bicyclic) bond motifs is 3. The molecule has 2 saturated heterocycles. The molecular weight excluding hydrogens is 524 g/mol. The molecule has 0 unspecified atom stereocenters. The number of carboxylic acid groups (broad SMARTS) is 1. The number of likely N-dealkylation sites (tertiary alicyclic amines) is 1. The number of unbranched alkanes of at least 4 members (excludes halogenated alkanes) is 2. The van der Waals surface area contributed by atoms with E-state index in [1.807, 2.05) is 30.3 Å². The number of aromatic nitrogens is 1. The highest BCUT2D eigenvalue weighted by Gasteiger charge is 2.56. The Kier molecular flexibility index (Phi) is 9.15. The number of pyridine rings is 1. The lowest BCUT2D eigenvalue weighted by atomic mass is 9.69. The Labute approximate surface area is 239 Å². The number of carbonyl (C=O) groups is 3. The van der Waals surface area contributed by atoms with E-state index in [0.717, 1.165) is 17.7 Å². The number of furan rings is 1. The van der Waals surface area contributed by atoms with Crippen LogP contribution >= 0.6 is 0 Å². The van der Waals surface area contributed by atoms with Crippen molar-refractivity contribution in [3.8, 4) is 0 Å². The van der Waals surface area contributed by atoms with Crippen LogP contribution in [0, 0.1) is 17.8 Å². The van der Waals surface area contributed by atoms with E-state index in [0.29, 0.717) is 63.2 Å². The fourth-order valence-corrected chi connectivity index (χ4v) is 6.66. The van der Waals surface area contributed by atoms with E-state index in [2.05, 4.69) is 11.9 Å². The monoisotopic (exact) mass is 562 g/mol. The van der Waals surface area contributed by atoms with Crippen LogP contribution in [0.25, 0.3) is 11.6 Å². The number of amides is 2. The number of hydrogen-bond donors (Lipinski definition) is 2. The van der Waals surface area contributed by atoms with Crippen molar-refractivity contribution in [2.45, 2.75) is 71.0 Å². The quantitative estimate of drug-likeness (QED) is 0.201. The van der Waals surface area contributed by atoms with E-state index in [4.69, 9.17) is 14.3 Å². The largest absolute Gasteiger partial charge is 0.481 e. The molecule has 4 heterocycles. The van der Waals surface area contributed by atoms with Crippen LogP contribution in [0.3, 0.4) is 0 Å². The van der Waals surface area contributed by atoms with Crippen LogP contribution in [0.5, 0.6) is 0 Å². The molecule has 0 aromatic carbocycles. The SMILES string of the molecule is CCC1=C2[C@@H](CC/C(=C/c3ccc(CO)o3)c3ccccn3)OC[C@@H]2[C@@H]2C(=O)N(CCCCCC(=O)O)C(=O)[C@@H]2C1. The summed E-state index contributed by atoms with van der Waals surface area (Å²) in [6.45, 7) is 2.72. The summed E-state index contributed by atoms with van der Waals surface area (Å²) >= 11 is 0. The summed E-state index contributed by atoms with van der Waals surface area (Å²) in [4.78, 5) is 43.6. The van der Waals surface area contributed by atoms with Gasteiger partial charge in [-0.15, -0.1) is 0 Å². The van der Waals surface area contributed by atoms with Crippen molar-refractivity contribution in [1.82, 2.24) is 9.88 Å². The zero-order valence-corrected chi connectivity index (χ0v) is 23.5. The molecule has 4 atom stereocenters. The predicted octanol–water partition coefficient (Wildman–Crippen LogP) is 4.86. The summed E-state index contributed by atoms with van der Waals surface area (Å²) in [6.07, 6.45) is 8.28. The van der Waals surface area contributed by atoms with Crippen molar-refractivity contribution in [2.75, 3.05) is 13.2 Å². The van der Waals surface area contributed by atoms with Gasteiger partial charge in [-0.05, 0) is 80.0 Å². The molecule has 0 saturated carbocycles. The van der Waals surface area contributed by atoms with Crippen molar-refractivity contribution in [3.63, 3.8) is 0 Å². The van der Waals surface area contributed by atoms with Gasteiger partial charge in [0.25, 0.3) is 0 Å². The Morgan fingerprint density at radius 3 is 2.66 bits per heavy atom. The van der Waals surface area contributed by atoms with Crippen molar-refractivity contribution < 1.29 is 33.8 Å². The molecule has 218 valence electrons. The molecule has 0 radical (unpaired) electrons. The summed E-state index contributed by atoms with van der Waals surface area (Å²) in [5, 5.41) is 18.2. The maximum atomic E-state index is 13.5. The Balaban J connectivity index is 1.30. The second-order valence-electron chi connectivity index (χ2n) is 11.1. The fourth-order valence-electron chi connectivity index (χ4n) is 6.66. The molecule has 0 bridgehead atoms. The van der Waals surface area contributed by atoms with Gasteiger partial charge in [-0.2, -0.15) is 0 Å². The third-order valence-corrected chi connectivity index (χ3v) is 8.62. The van der Waals surface area contributed by atoms with Crippen LogP contribution in [0.15, 0.2) is 52.1 Å². The number of carbonyl (C=O) groups excluding carboxylic acids is 2. The minimum absolute atomic E-state index is 0.0900. The number of hydrogen-bond acceptors (Lipinski definition) is 7. The van der Waals surface area contributed by atoms with Gasteiger partial charge < -0.3 is 19.4 Å². The molecule has 2 N–H and O–H groups in total.